The lowest BCUT2D eigenvalue weighted by Crippen LogP contribution is -2.45. The largest absolute Gasteiger partial charge is 0.394 e. The fourth-order valence-corrected chi connectivity index (χ4v) is 7.70. The van der Waals surface area contributed by atoms with Crippen LogP contribution in [-0.2, 0) is 4.79 Å². The zero-order valence-electron chi connectivity index (χ0n) is 39.1. The Morgan fingerprint density at radius 3 is 1.27 bits per heavy atom. The number of unbranched alkanes of at least 4 members (excludes halogenated alkanes) is 30. The van der Waals surface area contributed by atoms with Crippen LogP contribution in [0.5, 0.6) is 0 Å². The first-order valence-electron chi connectivity index (χ1n) is 25.5. The van der Waals surface area contributed by atoms with Crippen molar-refractivity contribution < 1.29 is 20.1 Å². The van der Waals surface area contributed by atoms with E-state index in [1.165, 1.54) is 180 Å². The summed E-state index contributed by atoms with van der Waals surface area (Å²) in [7, 11) is 0. The number of allylic oxidation sites excluding steroid dienone is 9. The topological polar surface area (TPSA) is 89.8 Å². The van der Waals surface area contributed by atoms with Crippen LogP contribution in [0.3, 0.4) is 0 Å². The van der Waals surface area contributed by atoms with Crippen LogP contribution in [-0.4, -0.2) is 46.1 Å². The molecule has 0 rings (SSSR count). The van der Waals surface area contributed by atoms with E-state index in [1.807, 2.05) is 13.0 Å². The molecule has 0 aliphatic rings. The summed E-state index contributed by atoms with van der Waals surface area (Å²) in [6.07, 6.45) is 65.8. The Kier molecular flexibility index (Phi) is 47.1. The van der Waals surface area contributed by atoms with Gasteiger partial charge in [-0.05, 0) is 71.1 Å². The summed E-state index contributed by atoms with van der Waals surface area (Å²) in [5, 5.41) is 33.1. The SMILES string of the molecule is C/C=C/CC/C=C/CC/C=C/C(O)C(CO)NC(=O)CC(O)CCCCCCCCCCCCCCCCC/C=C\C/C=C\CCCCCCCCCCCCCCC. The van der Waals surface area contributed by atoms with Crippen molar-refractivity contribution in [1.29, 1.82) is 0 Å². The highest BCUT2D eigenvalue weighted by molar-refractivity contribution is 5.76. The van der Waals surface area contributed by atoms with Crippen LogP contribution in [0, 0.1) is 0 Å². The first-order valence-corrected chi connectivity index (χ1v) is 25.5. The number of carbonyl (C=O) groups excluding carboxylic acids is 1. The molecule has 4 N–H and O–H groups in total. The van der Waals surface area contributed by atoms with Crippen LogP contribution in [0.15, 0.2) is 60.8 Å². The molecule has 0 saturated carbocycles. The minimum absolute atomic E-state index is 0.000384. The van der Waals surface area contributed by atoms with Gasteiger partial charge in [0.25, 0.3) is 0 Å². The van der Waals surface area contributed by atoms with E-state index in [2.05, 4.69) is 60.8 Å². The molecule has 0 radical (unpaired) electrons. The van der Waals surface area contributed by atoms with Gasteiger partial charge >= 0.3 is 0 Å². The predicted octanol–water partition coefficient (Wildman–Crippen LogP) is 15.4. The average molecular weight is 826 g/mol. The summed E-state index contributed by atoms with van der Waals surface area (Å²) < 4.78 is 0. The number of nitrogens with one attached hydrogen (secondary N) is 1. The molecule has 59 heavy (non-hydrogen) atoms. The highest BCUT2D eigenvalue weighted by Crippen LogP contribution is 2.16. The van der Waals surface area contributed by atoms with E-state index in [9.17, 15) is 20.1 Å². The van der Waals surface area contributed by atoms with Crippen LogP contribution in [0.25, 0.3) is 0 Å². The van der Waals surface area contributed by atoms with Gasteiger partial charge in [-0.25, -0.2) is 0 Å². The smallest absolute Gasteiger partial charge is 0.222 e. The van der Waals surface area contributed by atoms with Gasteiger partial charge in [-0.15, -0.1) is 0 Å². The highest BCUT2D eigenvalue weighted by Gasteiger charge is 2.20. The molecule has 3 atom stereocenters. The predicted molar refractivity (Wildman–Crippen MR) is 259 cm³/mol. The average Bonchev–Trinajstić information content (AvgIpc) is 3.23. The fraction of sp³-hybridized carbons (Fsp3) is 0.796. The summed E-state index contributed by atoms with van der Waals surface area (Å²) in [5.74, 6) is -0.333. The summed E-state index contributed by atoms with van der Waals surface area (Å²) in [6.45, 7) is 3.97. The van der Waals surface area contributed by atoms with E-state index in [1.54, 1.807) is 6.08 Å². The Bertz CT molecular complexity index is 1000. The second-order valence-electron chi connectivity index (χ2n) is 17.4. The molecule has 0 heterocycles. The first kappa shape index (κ1) is 57.1. The standard InChI is InChI=1S/C54H99NO4/c1-3-5-7-9-11-13-14-15-16-17-18-19-20-21-22-23-24-25-26-27-28-29-30-31-32-33-34-35-36-37-38-40-41-43-45-47-51(57)49-54(59)55-52(50-56)53(58)48-46-44-42-39-12-10-8-6-4-2/h4,6,12,22-23,25-26,39,46,48,51-53,56-58H,3,5,7-11,13-21,24,27-38,40-45,47,49-50H2,1-2H3,(H,55,59)/b6-4+,23-22-,26-25-,39-12+,48-46+. The van der Waals surface area contributed by atoms with Gasteiger partial charge in [0.2, 0.25) is 5.91 Å². The van der Waals surface area contributed by atoms with Gasteiger partial charge in [-0.1, -0.05) is 235 Å². The molecule has 3 unspecified atom stereocenters. The Morgan fingerprint density at radius 1 is 0.475 bits per heavy atom. The third kappa shape index (κ3) is 45.4. The Morgan fingerprint density at radius 2 is 0.847 bits per heavy atom. The van der Waals surface area contributed by atoms with E-state index in [0.717, 1.165) is 44.9 Å². The van der Waals surface area contributed by atoms with Crippen molar-refractivity contribution in [3.05, 3.63) is 60.8 Å². The molecule has 0 aliphatic heterocycles. The van der Waals surface area contributed by atoms with E-state index >= 15 is 0 Å². The summed E-state index contributed by atoms with van der Waals surface area (Å²) in [4.78, 5) is 12.4. The lowest BCUT2D eigenvalue weighted by atomic mass is 10.0. The second kappa shape index (κ2) is 48.7. The van der Waals surface area contributed by atoms with Gasteiger partial charge in [0, 0.05) is 0 Å². The van der Waals surface area contributed by atoms with Gasteiger partial charge in [0.15, 0.2) is 0 Å². The summed E-state index contributed by atoms with van der Waals surface area (Å²) in [5.41, 5.74) is 0. The van der Waals surface area contributed by atoms with Gasteiger partial charge in [0.05, 0.1) is 31.3 Å². The molecule has 0 aromatic rings. The maximum Gasteiger partial charge on any atom is 0.222 e. The molecule has 0 saturated heterocycles. The van der Waals surface area contributed by atoms with Crippen LogP contribution in [0.4, 0.5) is 0 Å². The lowest BCUT2D eigenvalue weighted by molar-refractivity contribution is -0.124. The number of carbonyl (C=O) groups is 1. The third-order valence-corrected chi connectivity index (χ3v) is 11.6. The fourth-order valence-electron chi connectivity index (χ4n) is 7.70. The third-order valence-electron chi connectivity index (χ3n) is 11.6. The monoisotopic (exact) mass is 826 g/mol. The van der Waals surface area contributed by atoms with Crippen LogP contribution < -0.4 is 5.32 Å². The number of hydrogen-bond acceptors (Lipinski definition) is 4. The molecule has 0 aliphatic carbocycles. The van der Waals surface area contributed by atoms with Crippen molar-refractivity contribution in [3.8, 4) is 0 Å². The van der Waals surface area contributed by atoms with Crippen LogP contribution >= 0.6 is 0 Å². The number of aliphatic hydroxyl groups excluding tert-OH is 3. The summed E-state index contributed by atoms with van der Waals surface area (Å²) in [6, 6.07) is -0.767. The molecular weight excluding hydrogens is 727 g/mol. The van der Waals surface area contributed by atoms with E-state index < -0.39 is 18.2 Å². The molecule has 5 nitrogen and oxygen atoms in total. The van der Waals surface area contributed by atoms with Crippen molar-refractivity contribution >= 4 is 5.91 Å². The lowest BCUT2D eigenvalue weighted by Gasteiger charge is -2.21. The van der Waals surface area contributed by atoms with Crippen LogP contribution in [0.2, 0.25) is 0 Å². The molecule has 1 amide bonds. The molecule has 0 bridgehead atoms. The number of rotatable bonds is 46. The van der Waals surface area contributed by atoms with Gasteiger partial charge in [-0.3, -0.25) is 4.79 Å². The van der Waals surface area contributed by atoms with E-state index in [4.69, 9.17) is 0 Å². The maximum atomic E-state index is 12.4. The van der Waals surface area contributed by atoms with Gasteiger partial charge in [-0.2, -0.15) is 0 Å². The Hall–Kier alpha value is -1.95. The number of amides is 1. The minimum atomic E-state index is -0.959. The zero-order chi connectivity index (χ0) is 43.0. The Labute approximate surface area is 367 Å². The normalized spacial score (nSPS) is 13.9. The molecule has 5 heteroatoms. The van der Waals surface area contributed by atoms with E-state index in [0.29, 0.717) is 6.42 Å². The summed E-state index contributed by atoms with van der Waals surface area (Å²) >= 11 is 0. The molecule has 0 fully saturated rings. The Balaban J connectivity index is 3.49. The van der Waals surface area contributed by atoms with Crippen molar-refractivity contribution in [2.75, 3.05) is 6.61 Å². The van der Waals surface area contributed by atoms with Gasteiger partial charge in [0.1, 0.15) is 0 Å². The highest BCUT2D eigenvalue weighted by atomic mass is 16.3. The number of aliphatic hydroxyl groups is 3. The molecule has 0 aromatic heterocycles. The molecule has 344 valence electrons. The first-order chi connectivity index (χ1) is 29.0. The zero-order valence-corrected chi connectivity index (χ0v) is 39.1. The molecule has 0 spiro atoms. The molecular formula is C54H99NO4. The molecule has 0 aromatic carbocycles. The van der Waals surface area contributed by atoms with Crippen molar-refractivity contribution in [3.63, 3.8) is 0 Å². The quantitative estimate of drug-likeness (QED) is 0.0363. The van der Waals surface area contributed by atoms with Crippen molar-refractivity contribution in [1.82, 2.24) is 5.32 Å². The van der Waals surface area contributed by atoms with Crippen molar-refractivity contribution in [2.45, 2.75) is 270 Å². The van der Waals surface area contributed by atoms with Gasteiger partial charge < -0.3 is 20.6 Å². The van der Waals surface area contributed by atoms with Crippen molar-refractivity contribution in [2.24, 2.45) is 0 Å². The van der Waals surface area contributed by atoms with E-state index in [-0.39, 0.29) is 18.9 Å². The second-order valence-corrected chi connectivity index (χ2v) is 17.4. The van der Waals surface area contributed by atoms with Crippen LogP contribution in [0.1, 0.15) is 251 Å². The number of hydrogen-bond donors (Lipinski definition) is 4. The minimum Gasteiger partial charge on any atom is -0.394 e. The maximum absolute atomic E-state index is 12.4.